The molecular formula is C10H16N2OS. The van der Waals surface area contributed by atoms with Crippen LogP contribution in [0.25, 0.3) is 0 Å². The third kappa shape index (κ3) is 3.21. The molecule has 0 unspecified atom stereocenters. The number of aromatic nitrogens is 1. The number of nitrogens with zero attached hydrogens (tertiary/aromatic N) is 2. The number of aryl methyl sites for hydroxylation is 1. The number of aliphatic hydroxyl groups excluding tert-OH is 1. The molecule has 4 heteroatoms. The molecule has 1 aromatic heterocycles. The molecule has 0 aliphatic rings. The van der Waals surface area contributed by atoms with Crippen LogP contribution in [0.2, 0.25) is 0 Å². The molecule has 1 rings (SSSR count). The molecule has 0 saturated carbocycles. The lowest BCUT2D eigenvalue weighted by atomic mass is 10.3. The van der Waals surface area contributed by atoms with Gasteiger partial charge in [-0.2, -0.15) is 0 Å². The molecule has 0 aliphatic carbocycles. The Morgan fingerprint density at radius 1 is 1.71 bits per heavy atom. The largest absolute Gasteiger partial charge is 0.395 e. The van der Waals surface area contributed by atoms with Crippen molar-refractivity contribution in [3.8, 4) is 0 Å². The van der Waals surface area contributed by atoms with Crippen molar-refractivity contribution in [2.75, 3.05) is 19.7 Å². The Morgan fingerprint density at radius 2 is 2.50 bits per heavy atom. The highest BCUT2D eigenvalue weighted by molar-refractivity contribution is 7.09. The zero-order valence-electron chi connectivity index (χ0n) is 8.44. The van der Waals surface area contributed by atoms with Crippen molar-refractivity contribution in [3.05, 3.63) is 28.7 Å². The van der Waals surface area contributed by atoms with Gasteiger partial charge in [-0.15, -0.1) is 17.9 Å². The lowest BCUT2D eigenvalue weighted by Crippen LogP contribution is -2.26. The summed E-state index contributed by atoms with van der Waals surface area (Å²) >= 11 is 1.66. The molecule has 0 atom stereocenters. The molecule has 3 nitrogen and oxygen atoms in total. The van der Waals surface area contributed by atoms with Crippen LogP contribution in [0.3, 0.4) is 0 Å². The third-order valence-corrected chi connectivity index (χ3v) is 2.94. The van der Waals surface area contributed by atoms with Gasteiger partial charge in [0, 0.05) is 24.5 Å². The molecule has 78 valence electrons. The number of hydrogen-bond acceptors (Lipinski definition) is 4. The van der Waals surface area contributed by atoms with E-state index in [0.29, 0.717) is 6.54 Å². The second-order valence-corrected chi connectivity index (χ2v) is 4.05. The molecular weight excluding hydrogens is 196 g/mol. The van der Waals surface area contributed by atoms with Crippen LogP contribution in [0, 0.1) is 6.92 Å². The van der Waals surface area contributed by atoms with E-state index in [-0.39, 0.29) is 6.61 Å². The standard InChI is InChI=1S/C10H16N2OS/c1-3-4-12(5-6-13)7-10-9(2)11-8-14-10/h3,8,13H,1,4-7H2,2H3. The second kappa shape index (κ2) is 5.90. The highest BCUT2D eigenvalue weighted by Crippen LogP contribution is 2.14. The number of rotatable bonds is 6. The first-order valence-electron chi connectivity index (χ1n) is 4.61. The normalized spacial score (nSPS) is 10.8. The van der Waals surface area contributed by atoms with E-state index in [1.165, 1.54) is 4.88 Å². The van der Waals surface area contributed by atoms with Gasteiger partial charge in [0.2, 0.25) is 0 Å². The fourth-order valence-electron chi connectivity index (χ4n) is 1.24. The van der Waals surface area contributed by atoms with Crippen LogP contribution in [-0.2, 0) is 6.54 Å². The van der Waals surface area contributed by atoms with Gasteiger partial charge in [-0.05, 0) is 6.92 Å². The van der Waals surface area contributed by atoms with Gasteiger partial charge in [0.05, 0.1) is 17.8 Å². The van der Waals surface area contributed by atoms with Crippen LogP contribution in [0.1, 0.15) is 10.6 Å². The summed E-state index contributed by atoms with van der Waals surface area (Å²) in [4.78, 5) is 7.60. The Labute approximate surface area is 88.7 Å². The molecule has 14 heavy (non-hydrogen) atoms. The van der Waals surface area contributed by atoms with Gasteiger partial charge in [-0.1, -0.05) is 6.08 Å². The van der Waals surface area contributed by atoms with Crippen LogP contribution in [0.4, 0.5) is 0 Å². The smallest absolute Gasteiger partial charge is 0.0798 e. The van der Waals surface area contributed by atoms with E-state index in [2.05, 4.69) is 16.5 Å². The monoisotopic (exact) mass is 212 g/mol. The fraction of sp³-hybridized carbons (Fsp3) is 0.500. The lowest BCUT2D eigenvalue weighted by Gasteiger charge is -2.18. The van der Waals surface area contributed by atoms with Gasteiger partial charge < -0.3 is 5.11 Å². The lowest BCUT2D eigenvalue weighted by molar-refractivity contribution is 0.204. The SMILES string of the molecule is C=CCN(CCO)Cc1scnc1C. The van der Waals surface area contributed by atoms with Crippen molar-refractivity contribution >= 4 is 11.3 Å². The minimum atomic E-state index is 0.186. The summed E-state index contributed by atoms with van der Waals surface area (Å²) in [5, 5.41) is 8.87. The van der Waals surface area contributed by atoms with E-state index in [4.69, 9.17) is 5.11 Å². The Morgan fingerprint density at radius 3 is 3.00 bits per heavy atom. The van der Waals surface area contributed by atoms with Crippen molar-refractivity contribution in [1.82, 2.24) is 9.88 Å². The summed E-state index contributed by atoms with van der Waals surface area (Å²) in [6, 6.07) is 0. The second-order valence-electron chi connectivity index (χ2n) is 3.11. The highest BCUT2D eigenvalue weighted by atomic mass is 32.1. The van der Waals surface area contributed by atoms with Gasteiger partial charge >= 0.3 is 0 Å². The fourth-order valence-corrected chi connectivity index (χ4v) is 2.06. The van der Waals surface area contributed by atoms with Crippen molar-refractivity contribution in [3.63, 3.8) is 0 Å². The van der Waals surface area contributed by atoms with Gasteiger partial charge in [0.25, 0.3) is 0 Å². The minimum Gasteiger partial charge on any atom is -0.395 e. The first kappa shape index (κ1) is 11.4. The molecule has 1 heterocycles. The Bertz CT molecular complexity index is 285. The summed E-state index contributed by atoms with van der Waals surface area (Å²) in [5.74, 6) is 0. The predicted octanol–water partition coefficient (Wildman–Crippen LogP) is 1.43. The summed E-state index contributed by atoms with van der Waals surface area (Å²) < 4.78 is 0. The topological polar surface area (TPSA) is 36.4 Å². The molecule has 1 aromatic rings. The maximum Gasteiger partial charge on any atom is 0.0798 e. The average molecular weight is 212 g/mol. The van der Waals surface area contributed by atoms with E-state index >= 15 is 0 Å². The maximum atomic E-state index is 8.87. The summed E-state index contributed by atoms with van der Waals surface area (Å²) in [5.41, 5.74) is 2.94. The van der Waals surface area contributed by atoms with Crippen molar-refractivity contribution in [1.29, 1.82) is 0 Å². The minimum absolute atomic E-state index is 0.186. The molecule has 0 saturated heterocycles. The van der Waals surface area contributed by atoms with Gasteiger partial charge in [0.15, 0.2) is 0 Å². The first-order chi connectivity index (χ1) is 6.77. The molecule has 0 aromatic carbocycles. The van der Waals surface area contributed by atoms with Crippen molar-refractivity contribution < 1.29 is 5.11 Å². The quantitative estimate of drug-likeness (QED) is 0.725. The Kier molecular flexibility index (Phi) is 4.79. The van der Waals surface area contributed by atoms with E-state index in [9.17, 15) is 0 Å². The Balaban J connectivity index is 2.54. The summed E-state index contributed by atoms with van der Waals surface area (Å²) in [6.45, 7) is 8.23. The van der Waals surface area contributed by atoms with Crippen LogP contribution >= 0.6 is 11.3 Å². The van der Waals surface area contributed by atoms with Crippen LogP contribution in [-0.4, -0.2) is 34.7 Å². The molecule has 0 aliphatic heterocycles. The Hall–Kier alpha value is -0.710. The zero-order valence-corrected chi connectivity index (χ0v) is 9.26. The summed E-state index contributed by atoms with van der Waals surface area (Å²) in [6.07, 6.45) is 1.85. The van der Waals surface area contributed by atoms with E-state index in [1.807, 2.05) is 18.5 Å². The highest BCUT2D eigenvalue weighted by Gasteiger charge is 2.07. The molecule has 0 spiro atoms. The zero-order chi connectivity index (χ0) is 10.4. The molecule has 0 fully saturated rings. The van der Waals surface area contributed by atoms with Crippen molar-refractivity contribution in [2.45, 2.75) is 13.5 Å². The van der Waals surface area contributed by atoms with Crippen LogP contribution < -0.4 is 0 Å². The average Bonchev–Trinajstić information content (AvgIpc) is 2.53. The van der Waals surface area contributed by atoms with E-state index < -0.39 is 0 Å². The maximum absolute atomic E-state index is 8.87. The first-order valence-corrected chi connectivity index (χ1v) is 5.49. The number of aliphatic hydroxyl groups is 1. The van der Waals surface area contributed by atoms with Gasteiger partial charge in [-0.25, -0.2) is 4.98 Å². The van der Waals surface area contributed by atoms with Gasteiger partial charge in [-0.3, -0.25) is 4.90 Å². The molecule has 0 bridgehead atoms. The predicted molar refractivity (Wildman–Crippen MR) is 59.4 cm³/mol. The molecule has 0 radical (unpaired) electrons. The van der Waals surface area contributed by atoms with Crippen LogP contribution in [0.15, 0.2) is 18.2 Å². The van der Waals surface area contributed by atoms with E-state index in [0.717, 1.165) is 18.8 Å². The van der Waals surface area contributed by atoms with Crippen LogP contribution in [0.5, 0.6) is 0 Å². The van der Waals surface area contributed by atoms with E-state index in [1.54, 1.807) is 11.3 Å². The third-order valence-electron chi connectivity index (χ3n) is 2.02. The number of thiazole rings is 1. The molecule has 1 N–H and O–H groups in total. The number of hydrogen-bond donors (Lipinski definition) is 1. The molecule has 0 amide bonds. The van der Waals surface area contributed by atoms with Crippen molar-refractivity contribution in [2.24, 2.45) is 0 Å². The van der Waals surface area contributed by atoms with Gasteiger partial charge in [0.1, 0.15) is 0 Å². The summed E-state index contributed by atoms with van der Waals surface area (Å²) in [7, 11) is 0.